The van der Waals surface area contributed by atoms with Crippen molar-refractivity contribution < 1.29 is 9.59 Å². The minimum absolute atomic E-state index is 0.00682. The number of para-hydroxylation sites is 1. The fourth-order valence-corrected chi connectivity index (χ4v) is 5.36. The molecular weight excluding hydrogens is 430 g/mol. The van der Waals surface area contributed by atoms with Gasteiger partial charge in [-0.3, -0.25) is 9.59 Å². The van der Waals surface area contributed by atoms with E-state index in [1.165, 1.54) is 16.9 Å². The van der Waals surface area contributed by atoms with Gasteiger partial charge < -0.3 is 10.2 Å². The lowest BCUT2D eigenvalue weighted by Gasteiger charge is -2.40. The van der Waals surface area contributed by atoms with Crippen molar-refractivity contribution in [3.05, 3.63) is 65.2 Å². The highest BCUT2D eigenvalue weighted by Crippen LogP contribution is 2.30. The van der Waals surface area contributed by atoms with Gasteiger partial charge in [-0.05, 0) is 43.4 Å². The maximum absolute atomic E-state index is 13.5. The van der Waals surface area contributed by atoms with Gasteiger partial charge >= 0.3 is 0 Å². The molecule has 0 radical (unpaired) electrons. The third kappa shape index (κ3) is 5.25. The van der Waals surface area contributed by atoms with E-state index in [1.54, 1.807) is 0 Å². The summed E-state index contributed by atoms with van der Waals surface area (Å²) >= 11 is 7.14. The molecule has 1 aliphatic rings. The Hall–Kier alpha value is -2.44. The van der Waals surface area contributed by atoms with Crippen LogP contribution in [0, 0.1) is 5.92 Å². The van der Waals surface area contributed by atoms with Crippen LogP contribution in [0.1, 0.15) is 34.6 Å². The number of benzene rings is 2. The lowest BCUT2D eigenvalue weighted by molar-refractivity contribution is -0.118. The Morgan fingerprint density at radius 2 is 1.90 bits per heavy atom. The quantitative estimate of drug-likeness (QED) is 0.533. The van der Waals surface area contributed by atoms with Crippen LogP contribution in [-0.2, 0) is 11.2 Å². The Morgan fingerprint density at radius 3 is 2.68 bits per heavy atom. The summed E-state index contributed by atoms with van der Waals surface area (Å²) < 4.78 is 1.02. The molecule has 0 spiro atoms. The Balaban J connectivity index is 1.59. The van der Waals surface area contributed by atoms with Crippen LogP contribution in [0.3, 0.4) is 0 Å². The first kappa shape index (κ1) is 21.8. The number of thiazole rings is 1. The number of amides is 2. The van der Waals surface area contributed by atoms with Crippen molar-refractivity contribution in [3.63, 3.8) is 0 Å². The first-order chi connectivity index (χ1) is 15.2. The zero-order chi connectivity index (χ0) is 21.6. The van der Waals surface area contributed by atoms with E-state index in [1.807, 2.05) is 47.4 Å². The molecule has 31 heavy (non-hydrogen) atoms. The van der Waals surface area contributed by atoms with Crippen molar-refractivity contribution in [2.45, 2.75) is 31.7 Å². The topological polar surface area (TPSA) is 62.3 Å². The first-order valence-electron chi connectivity index (χ1n) is 10.7. The van der Waals surface area contributed by atoms with Gasteiger partial charge in [0.1, 0.15) is 5.88 Å². The van der Waals surface area contributed by atoms with Crippen LogP contribution in [0.2, 0.25) is 0 Å². The third-order valence-corrected chi connectivity index (χ3v) is 7.12. The van der Waals surface area contributed by atoms with E-state index < -0.39 is 0 Å². The predicted octanol–water partition coefficient (Wildman–Crippen LogP) is 4.50. The summed E-state index contributed by atoms with van der Waals surface area (Å²) in [4.78, 5) is 31.9. The molecule has 2 amide bonds. The van der Waals surface area contributed by atoms with Crippen molar-refractivity contribution in [1.29, 1.82) is 0 Å². The highest BCUT2D eigenvalue weighted by Gasteiger charge is 2.34. The molecule has 0 saturated carbocycles. The van der Waals surface area contributed by atoms with Gasteiger partial charge in [0.05, 0.1) is 10.2 Å². The van der Waals surface area contributed by atoms with Crippen molar-refractivity contribution in [2.24, 2.45) is 5.92 Å². The van der Waals surface area contributed by atoms with Gasteiger partial charge in [0, 0.05) is 25.0 Å². The minimum atomic E-state index is -0.181. The summed E-state index contributed by atoms with van der Waals surface area (Å²) in [5.41, 5.74) is 2.06. The summed E-state index contributed by atoms with van der Waals surface area (Å²) in [6.07, 6.45) is 3.77. The number of piperidine rings is 1. The van der Waals surface area contributed by atoms with Crippen molar-refractivity contribution >= 4 is 45.0 Å². The highest BCUT2D eigenvalue weighted by atomic mass is 35.5. The normalized spacial score (nSPS) is 17.5. The van der Waals surface area contributed by atoms with E-state index in [-0.39, 0.29) is 29.7 Å². The Kier molecular flexibility index (Phi) is 7.20. The molecule has 0 aliphatic carbocycles. The number of nitrogens with zero attached hydrogens (tertiary/aromatic N) is 2. The van der Waals surface area contributed by atoms with Gasteiger partial charge in [0.2, 0.25) is 5.91 Å². The predicted molar refractivity (Wildman–Crippen MR) is 126 cm³/mol. The molecule has 1 N–H and O–H groups in total. The van der Waals surface area contributed by atoms with Crippen LogP contribution in [0.15, 0.2) is 54.6 Å². The molecule has 2 unspecified atom stereocenters. The van der Waals surface area contributed by atoms with E-state index >= 15 is 0 Å². The fourth-order valence-electron chi connectivity index (χ4n) is 4.34. The molecule has 2 aromatic carbocycles. The summed E-state index contributed by atoms with van der Waals surface area (Å²) in [6.45, 7) is 1.21. The number of aromatic nitrogens is 1. The van der Waals surface area contributed by atoms with Crippen molar-refractivity contribution in [2.75, 3.05) is 19.0 Å². The van der Waals surface area contributed by atoms with Crippen LogP contribution < -0.4 is 5.32 Å². The van der Waals surface area contributed by atoms with Crippen molar-refractivity contribution in [3.8, 4) is 0 Å². The molecule has 162 valence electrons. The molecule has 1 aliphatic heterocycles. The van der Waals surface area contributed by atoms with Crippen LogP contribution in [0.25, 0.3) is 10.2 Å². The monoisotopic (exact) mass is 455 g/mol. The van der Waals surface area contributed by atoms with Gasteiger partial charge in [-0.2, -0.15) is 0 Å². The number of alkyl halides is 1. The van der Waals surface area contributed by atoms with Gasteiger partial charge in [-0.15, -0.1) is 22.9 Å². The number of likely N-dealkylation sites (tertiary alicyclic amines) is 1. The lowest BCUT2D eigenvalue weighted by Crippen LogP contribution is -2.51. The molecule has 3 aromatic rings. The maximum Gasteiger partial charge on any atom is 0.283 e. The van der Waals surface area contributed by atoms with E-state index in [9.17, 15) is 9.59 Å². The smallest absolute Gasteiger partial charge is 0.283 e. The fraction of sp³-hybridized carbons (Fsp3) is 0.375. The molecule has 4 rings (SSSR count). The number of hydrogen-bond acceptors (Lipinski definition) is 4. The molecule has 1 aromatic heterocycles. The van der Waals surface area contributed by atoms with Crippen LogP contribution in [0.5, 0.6) is 0 Å². The standard InChI is InChI=1S/C24H26ClN3O2S/c25-15-22(29)26-16-18(14-17-8-2-1-3-9-17)20-11-6-7-13-28(20)24(30)23-27-19-10-4-5-12-21(19)31-23/h1-5,8-10,12,18,20H,6-7,11,13-16H2,(H,26,29). The Morgan fingerprint density at radius 1 is 1.13 bits per heavy atom. The molecule has 1 saturated heterocycles. The average molecular weight is 456 g/mol. The summed E-state index contributed by atoms with van der Waals surface area (Å²) in [7, 11) is 0. The molecule has 0 bridgehead atoms. The van der Waals surface area contributed by atoms with Gasteiger partial charge in [0.15, 0.2) is 5.01 Å². The third-order valence-electron chi connectivity index (χ3n) is 5.85. The molecule has 2 atom stereocenters. The highest BCUT2D eigenvalue weighted by molar-refractivity contribution is 7.20. The number of fused-ring (bicyclic) bond motifs is 1. The second-order valence-electron chi connectivity index (χ2n) is 7.94. The average Bonchev–Trinajstić information content (AvgIpc) is 3.26. The Labute approximate surface area is 191 Å². The van der Waals surface area contributed by atoms with Gasteiger partial charge in [-0.25, -0.2) is 4.98 Å². The second kappa shape index (κ2) is 10.2. The number of halogens is 1. The van der Waals surface area contributed by atoms with Gasteiger partial charge in [-0.1, -0.05) is 42.5 Å². The van der Waals surface area contributed by atoms with E-state index in [4.69, 9.17) is 11.6 Å². The second-order valence-corrected chi connectivity index (χ2v) is 9.23. The van der Waals surface area contributed by atoms with Crippen molar-refractivity contribution in [1.82, 2.24) is 15.2 Å². The minimum Gasteiger partial charge on any atom is -0.355 e. The summed E-state index contributed by atoms with van der Waals surface area (Å²) in [5, 5.41) is 3.49. The van der Waals surface area contributed by atoms with Crippen LogP contribution >= 0.6 is 22.9 Å². The van der Waals surface area contributed by atoms with Crippen LogP contribution in [-0.4, -0.2) is 46.7 Å². The molecular formula is C24H26ClN3O2S. The largest absolute Gasteiger partial charge is 0.355 e. The zero-order valence-electron chi connectivity index (χ0n) is 17.3. The SMILES string of the molecule is O=C(CCl)NCC(Cc1ccccc1)C1CCCCN1C(=O)c1nc2ccccc2s1. The summed E-state index contributed by atoms with van der Waals surface area (Å²) in [5.74, 6) is -0.141. The lowest BCUT2D eigenvalue weighted by atomic mass is 9.85. The van der Waals surface area contributed by atoms with E-state index in [0.717, 1.165) is 35.9 Å². The molecule has 7 heteroatoms. The van der Waals surface area contributed by atoms with Gasteiger partial charge in [0.25, 0.3) is 5.91 Å². The maximum atomic E-state index is 13.5. The molecule has 1 fully saturated rings. The van der Waals surface area contributed by atoms with Crippen LogP contribution in [0.4, 0.5) is 0 Å². The number of nitrogens with one attached hydrogen (secondary N) is 1. The van der Waals surface area contributed by atoms with E-state index in [2.05, 4.69) is 22.4 Å². The number of carbonyl (C=O) groups is 2. The number of carbonyl (C=O) groups excluding carboxylic acids is 2. The van der Waals surface area contributed by atoms with E-state index in [0.29, 0.717) is 18.1 Å². The number of hydrogen-bond donors (Lipinski definition) is 1. The molecule has 5 nitrogen and oxygen atoms in total. The summed E-state index contributed by atoms with van der Waals surface area (Å²) in [6, 6.07) is 18.1. The zero-order valence-corrected chi connectivity index (χ0v) is 18.9. The number of rotatable bonds is 7. The Bertz CT molecular complexity index is 1010. The molecule has 2 heterocycles. The first-order valence-corrected chi connectivity index (χ1v) is 12.0.